The number of rotatable bonds is 4. The molecule has 72 valence electrons. The number of aryl methyl sites for hydroxylation is 1. The average Bonchev–Trinajstić information content (AvgIpc) is 2.04. The van der Waals surface area contributed by atoms with Crippen LogP contribution < -0.4 is 11.1 Å². The first kappa shape index (κ1) is 9.92. The monoisotopic (exact) mass is 180 g/mol. The molecule has 1 heterocycles. The van der Waals surface area contributed by atoms with Gasteiger partial charge >= 0.3 is 0 Å². The lowest BCUT2D eigenvalue weighted by Crippen LogP contribution is -2.20. The maximum atomic E-state index is 5.44. The van der Waals surface area contributed by atoms with Gasteiger partial charge < -0.3 is 11.1 Å². The van der Waals surface area contributed by atoms with Gasteiger partial charge in [-0.05, 0) is 26.8 Å². The molecule has 0 aromatic carbocycles. The SMILES string of the molecule is Cc1cc(NC(C)CCN)ncn1. The van der Waals surface area contributed by atoms with Gasteiger partial charge in [0.2, 0.25) is 0 Å². The van der Waals surface area contributed by atoms with Crippen molar-refractivity contribution in [3.8, 4) is 0 Å². The zero-order valence-corrected chi connectivity index (χ0v) is 8.12. The lowest BCUT2D eigenvalue weighted by atomic mass is 10.2. The zero-order valence-electron chi connectivity index (χ0n) is 8.12. The summed E-state index contributed by atoms with van der Waals surface area (Å²) in [5.41, 5.74) is 6.41. The van der Waals surface area contributed by atoms with Crippen molar-refractivity contribution < 1.29 is 0 Å². The molecule has 0 radical (unpaired) electrons. The molecule has 1 aromatic rings. The summed E-state index contributed by atoms with van der Waals surface area (Å²) in [5.74, 6) is 0.869. The first-order valence-electron chi connectivity index (χ1n) is 4.47. The van der Waals surface area contributed by atoms with Crippen molar-refractivity contribution in [3.63, 3.8) is 0 Å². The summed E-state index contributed by atoms with van der Waals surface area (Å²) < 4.78 is 0. The molecule has 3 N–H and O–H groups in total. The molecule has 0 bridgehead atoms. The third kappa shape index (κ3) is 3.38. The normalized spacial score (nSPS) is 12.5. The largest absolute Gasteiger partial charge is 0.367 e. The molecule has 0 amide bonds. The minimum absolute atomic E-state index is 0.360. The maximum Gasteiger partial charge on any atom is 0.129 e. The minimum atomic E-state index is 0.360. The van der Waals surface area contributed by atoms with E-state index >= 15 is 0 Å². The van der Waals surface area contributed by atoms with Gasteiger partial charge in [-0.25, -0.2) is 9.97 Å². The highest BCUT2D eigenvalue weighted by Crippen LogP contribution is 2.05. The number of nitrogens with one attached hydrogen (secondary N) is 1. The van der Waals surface area contributed by atoms with Crippen LogP contribution in [0.15, 0.2) is 12.4 Å². The number of aromatic nitrogens is 2. The Hall–Kier alpha value is -1.16. The predicted octanol–water partition coefficient (Wildman–Crippen LogP) is 0.934. The van der Waals surface area contributed by atoms with Crippen LogP contribution in [0, 0.1) is 6.92 Å². The molecule has 0 saturated heterocycles. The summed E-state index contributed by atoms with van der Waals surface area (Å²) in [6, 6.07) is 2.28. The molecular weight excluding hydrogens is 164 g/mol. The van der Waals surface area contributed by atoms with Crippen molar-refractivity contribution in [2.24, 2.45) is 5.73 Å². The topological polar surface area (TPSA) is 63.8 Å². The Balaban J connectivity index is 2.53. The highest BCUT2D eigenvalue weighted by atomic mass is 15.0. The van der Waals surface area contributed by atoms with E-state index < -0.39 is 0 Å². The Morgan fingerprint density at radius 1 is 1.54 bits per heavy atom. The molecule has 0 fully saturated rings. The van der Waals surface area contributed by atoms with Gasteiger partial charge in [-0.3, -0.25) is 0 Å². The van der Waals surface area contributed by atoms with E-state index in [2.05, 4.69) is 22.2 Å². The molecule has 4 nitrogen and oxygen atoms in total. The van der Waals surface area contributed by atoms with Crippen LogP contribution >= 0.6 is 0 Å². The highest BCUT2D eigenvalue weighted by Gasteiger charge is 2.01. The van der Waals surface area contributed by atoms with Crippen molar-refractivity contribution in [2.75, 3.05) is 11.9 Å². The number of hydrogen-bond donors (Lipinski definition) is 2. The second-order valence-electron chi connectivity index (χ2n) is 3.17. The summed E-state index contributed by atoms with van der Waals surface area (Å²) in [5, 5.41) is 3.25. The smallest absolute Gasteiger partial charge is 0.129 e. The van der Waals surface area contributed by atoms with Crippen LogP contribution in [0.5, 0.6) is 0 Å². The van der Waals surface area contributed by atoms with Gasteiger partial charge in [-0.1, -0.05) is 0 Å². The number of hydrogen-bond acceptors (Lipinski definition) is 4. The standard InChI is InChI=1S/C9H16N4/c1-7(3-4-10)13-9-5-8(2)11-6-12-9/h5-7H,3-4,10H2,1-2H3,(H,11,12,13). The number of nitrogens with two attached hydrogens (primary N) is 1. The predicted molar refractivity (Wildman–Crippen MR) is 53.5 cm³/mol. The molecular formula is C9H16N4. The Morgan fingerprint density at radius 3 is 2.92 bits per heavy atom. The van der Waals surface area contributed by atoms with Gasteiger partial charge in [0, 0.05) is 17.8 Å². The maximum absolute atomic E-state index is 5.44. The minimum Gasteiger partial charge on any atom is -0.367 e. The molecule has 1 atom stereocenters. The van der Waals surface area contributed by atoms with E-state index in [0.717, 1.165) is 17.9 Å². The fourth-order valence-corrected chi connectivity index (χ4v) is 1.11. The van der Waals surface area contributed by atoms with E-state index in [1.807, 2.05) is 13.0 Å². The first-order valence-corrected chi connectivity index (χ1v) is 4.47. The Labute approximate surface area is 78.6 Å². The molecule has 4 heteroatoms. The van der Waals surface area contributed by atoms with Gasteiger partial charge in [0.15, 0.2) is 0 Å². The summed E-state index contributed by atoms with van der Waals surface area (Å²) in [6.45, 7) is 4.73. The Bertz CT molecular complexity index is 262. The van der Waals surface area contributed by atoms with E-state index in [1.165, 1.54) is 0 Å². The summed E-state index contributed by atoms with van der Waals surface area (Å²) >= 11 is 0. The molecule has 0 aliphatic heterocycles. The van der Waals surface area contributed by atoms with E-state index in [9.17, 15) is 0 Å². The Morgan fingerprint density at radius 2 is 2.31 bits per heavy atom. The van der Waals surface area contributed by atoms with Crippen molar-refractivity contribution in [1.82, 2.24) is 9.97 Å². The lowest BCUT2D eigenvalue weighted by Gasteiger charge is -2.12. The van der Waals surface area contributed by atoms with Crippen molar-refractivity contribution in [1.29, 1.82) is 0 Å². The number of nitrogens with zero attached hydrogens (tertiary/aromatic N) is 2. The van der Waals surface area contributed by atoms with Gasteiger partial charge in [-0.2, -0.15) is 0 Å². The van der Waals surface area contributed by atoms with Gasteiger partial charge in [0.25, 0.3) is 0 Å². The van der Waals surface area contributed by atoms with Crippen LogP contribution in [-0.4, -0.2) is 22.6 Å². The fourth-order valence-electron chi connectivity index (χ4n) is 1.11. The van der Waals surface area contributed by atoms with Crippen LogP contribution in [0.4, 0.5) is 5.82 Å². The molecule has 0 aliphatic carbocycles. The van der Waals surface area contributed by atoms with E-state index in [-0.39, 0.29) is 0 Å². The summed E-state index contributed by atoms with van der Waals surface area (Å²) in [4.78, 5) is 8.12. The molecule has 1 unspecified atom stereocenters. The zero-order chi connectivity index (χ0) is 9.68. The first-order chi connectivity index (χ1) is 6.22. The van der Waals surface area contributed by atoms with Crippen LogP contribution in [0.3, 0.4) is 0 Å². The van der Waals surface area contributed by atoms with E-state index in [0.29, 0.717) is 12.6 Å². The van der Waals surface area contributed by atoms with Gasteiger partial charge in [0.05, 0.1) is 0 Å². The summed E-state index contributed by atoms with van der Waals surface area (Å²) in [7, 11) is 0. The van der Waals surface area contributed by atoms with Crippen molar-refractivity contribution >= 4 is 5.82 Å². The average molecular weight is 180 g/mol. The van der Waals surface area contributed by atoms with Crippen LogP contribution in [0.1, 0.15) is 19.0 Å². The van der Waals surface area contributed by atoms with Crippen molar-refractivity contribution in [3.05, 3.63) is 18.1 Å². The molecule has 13 heavy (non-hydrogen) atoms. The molecule has 0 saturated carbocycles. The third-order valence-corrected chi connectivity index (χ3v) is 1.80. The molecule has 0 aliphatic rings. The van der Waals surface area contributed by atoms with E-state index in [1.54, 1.807) is 6.33 Å². The van der Waals surface area contributed by atoms with Crippen LogP contribution in [0.2, 0.25) is 0 Å². The second-order valence-corrected chi connectivity index (χ2v) is 3.17. The van der Waals surface area contributed by atoms with E-state index in [4.69, 9.17) is 5.73 Å². The quantitative estimate of drug-likeness (QED) is 0.723. The molecule has 1 aromatic heterocycles. The third-order valence-electron chi connectivity index (χ3n) is 1.80. The highest BCUT2D eigenvalue weighted by molar-refractivity contribution is 5.35. The number of anilines is 1. The fraction of sp³-hybridized carbons (Fsp3) is 0.556. The van der Waals surface area contributed by atoms with Gasteiger partial charge in [0.1, 0.15) is 12.1 Å². The second kappa shape index (κ2) is 4.77. The lowest BCUT2D eigenvalue weighted by molar-refractivity contribution is 0.712. The Kier molecular flexibility index (Phi) is 3.64. The molecule has 0 spiro atoms. The van der Waals surface area contributed by atoms with Crippen LogP contribution in [-0.2, 0) is 0 Å². The van der Waals surface area contributed by atoms with Crippen LogP contribution in [0.25, 0.3) is 0 Å². The molecule has 1 rings (SSSR count). The van der Waals surface area contributed by atoms with Crippen molar-refractivity contribution in [2.45, 2.75) is 26.3 Å². The summed E-state index contributed by atoms with van der Waals surface area (Å²) in [6.07, 6.45) is 2.51. The van der Waals surface area contributed by atoms with Gasteiger partial charge in [-0.15, -0.1) is 0 Å².